The first-order valence-electron chi connectivity index (χ1n) is 8.42. The fraction of sp³-hybridized carbons (Fsp3) is 0.286. The molecule has 0 radical (unpaired) electrons. The Bertz CT molecular complexity index is 923. The largest absolute Gasteiger partial charge is 0.487 e. The molecule has 5 heteroatoms. The molecule has 0 unspecified atom stereocenters. The number of pyridine rings is 1. The Morgan fingerprint density at radius 3 is 2.50 bits per heavy atom. The van der Waals surface area contributed by atoms with E-state index in [4.69, 9.17) is 16.3 Å². The molecule has 0 atom stereocenters. The summed E-state index contributed by atoms with van der Waals surface area (Å²) in [5.74, 6) is 0.791. The third-order valence-corrected chi connectivity index (χ3v) is 4.74. The van der Waals surface area contributed by atoms with E-state index in [0.717, 1.165) is 23.5 Å². The summed E-state index contributed by atoms with van der Waals surface area (Å²) < 4.78 is 8.26. The number of halogens is 2. The predicted octanol–water partition coefficient (Wildman–Crippen LogP) is 6.27. The number of aryl methyl sites for hydroxylation is 1. The molecule has 0 aliphatic heterocycles. The lowest BCUT2D eigenvalue weighted by Gasteiger charge is -2.11. The minimum absolute atomic E-state index is 0. The Kier molecular flexibility index (Phi) is 6.74. The van der Waals surface area contributed by atoms with E-state index in [2.05, 4.69) is 49.4 Å². The van der Waals surface area contributed by atoms with Gasteiger partial charge in [0.25, 0.3) is 0 Å². The highest BCUT2D eigenvalue weighted by atomic mass is 35.5. The van der Waals surface area contributed by atoms with Gasteiger partial charge in [-0.15, -0.1) is 12.4 Å². The second-order valence-electron chi connectivity index (χ2n) is 6.50. The average Bonchev–Trinajstić information content (AvgIpc) is 2.84. The number of benzene rings is 1. The number of nitrogens with zero attached hydrogens (tertiary/aromatic N) is 2. The molecule has 26 heavy (non-hydrogen) atoms. The fourth-order valence-corrected chi connectivity index (χ4v) is 3.08. The lowest BCUT2D eigenvalue weighted by Crippen LogP contribution is -2.05. The summed E-state index contributed by atoms with van der Waals surface area (Å²) in [6.45, 7) is 9.85. The van der Waals surface area contributed by atoms with Gasteiger partial charge in [-0.1, -0.05) is 23.3 Å². The van der Waals surface area contributed by atoms with E-state index < -0.39 is 0 Å². The van der Waals surface area contributed by atoms with Crippen LogP contribution in [-0.2, 0) is 13.2 Å². The molecule has 0 amide bonds. The standard InChI is InChI=1S/C21H23ClN2O.ClH/c1-14(2)10-12-24-16(4)15(3)19-9-11-23-20(21(19)24)13-25-18-7-5-17(22)6-8-18;/h5-11H,12-13H2,1-4H3;1H. The van der Waals surface area contributed by atoms with Crippen LogP contribution in [0.4, 0.5) is 0 Å². The summed E-state index contributed by atoms with van der Waals surface area (Å²) in [5.41, 5.74) is 5.98. The quantitative estimate of drug-likeness (QED) is 0.479. The first-order chi connectivity index (χ1) is 12.0. The van der Waals surface area contributed by atoms with Crippen molar-refractivity contribution in [3.8, 4) is 5.75 Å². The highest BCUT2D eigenvalue weighted by Gasteiger charge is 2.15. The number of rotatable bonds is 5. The van der Waals surface area contributed by atoms with Gasteiger partial charge in [-0.3, -0.25) is 4.98 Å². The summed E-state index contributed by atoms with van der Waals surface area (Å²) in [6, 6.07) is 9.50. The third kappa shape index (κ3) is 4.22. The molecule has 0 aliphatic carbocycles. The van der Waals surface area contributed by atoms with Crippen molar-refractivity contribution in [2.45, 2.75) is 40.8 Å². The van der Waals surface area contributed by atoms with Gasteiger partial charge in [0.1, 0.15) is 18.1 Å². The van der Waals surface area contributed by atoms with Gasteiger partial charge in [0, 0.05) is 28.8 Å². The van der Waals surface area contributed by atoms with Crippen LogP contribution in [-0.4, -0.2) is 9.55 Å². The molecule has 2 heterocycles. The molecule has 0 spiro atoms. The third-order valence-electron chi connectivity index (χ3n) is 4.49. The van der Waals surface area contributed by atoms with E-state index in [1.165, 1.54) is 22.2 Å². The van der Waals surface area contributed by atoms with Crippen molar-refractivity contribution in [1.29, 1.82) is 0 Å². The molecule has 0 fully saturated rings. The molecule has 0 bridgehead atoms. The van der Waals surface area contributed by atoms with Crippen molar-refractivity contribution >= 4 is 34.9 Å². The Morgan fingerprint density at radius 2 is 1.85 bits per heavy atom. The van der Waals surface area contributed by atoms with E-state index in [1.54, 1.807) is 0 Å². The molecule has 3 aromatic rings. The van der Waals surface area contributed by atoms with Gasteiger partial charge >= 0.3 is 0 Å². The molecule has 138 valence electrons. The van der Waals surface area contributed by atoms with Crippen LogP contribution < -0.4 is 4.74 Å². The maximum absolute atomic E-state index is 5.93. The molecule has 2 aromatic heterocycles. The van der Waals surface area contributed by atoms with Gasteiger partial charge in [0.05, 0.1) is 5.52 Å². The molecular weight excluding hydrogens is 367 g/mol. The summed E-state index contributed by atoms with van der Waals surface area (Å²) in [5, 5.41) is 1.94. The Balaban J connectivity index is 0.00000243. The van der Waals surface area contributed by atoms with Crippen LogP contribution in [0, 0.1) is 13.8 Å². The first kappa shape index (κ1) is 20.3. The number of ether oxygens (including phenoxy) is 1. The SMILES string of the molecule is CC(C)=CCn1c(C)c(C)c2ccnc(COc3ccc(Cl)cc3)c21.Cl. The number of allylic oxidation sites excluding steroid dienone is 2. The second-order valence-corrected chi connectivity index (χ2v) is 6.94. The number of hydrogen-bond acceptors (Lipinski definition) is 2. The van der Waals surface area contributed by atoms with Gasteiger partial charge in [0.15, 0.2) is 0 Å². The van der Waals surface area contributed by atoms with Crippen LogP contribution in [0.3, 0.4) is 0 Å². The van der Waals surface area contributed by atoms with E-state index >= 15 is 0 Å². The summed E-state index contributed by atoms with van der Waals surface area (Å²) in [6.07, 6.45) is 4.10. The lowest BCUT2D eigenvalue weighted by molar-refractivity contribution is 0.302. The molecule has 0 N–H and O–H groups in total. The van der Waals surface area contributed by atoms with E-state index in [0.29, 0.717) is 11.6 Å². The lowest BCUT2D eigenvalue weighted by atomic mass is 10.2. The van der Waals surface area contributed by atoms with Crippen molar-refractivity contribution in [3.63, 3.8) is 0 Å². The van der Waals surface area contributed by atoms with Gasteiger partial charge in [0.2, 0.25) is 0 Å². The average molecular weight is 391 g/mol. The van der Waals surface area contributed by atoms with Crippen molar-refractivity contribution in [2.24, 2.45) is 0 Å². The van der Waals surface area contributed by atoms with Gasteiger partial charge in [-0.25, -0.2) is 0 Å². The maximum atomic E-state index is 5.93. The van der Waals surface area contributed by atoms with E-state index in [-0.39, 0.29) is 12.4 Å². The Hall–Kier alpha value is -1.97. The molecule has 3 nitrogen and oxygen atoms in total. The smallest absolute Gasteiger partial charge is 0.132 e. The van der Waals surface area contributed by atoms with Crippen LogP contribution in [0.5, 0.6) is 5.75 Å². The molecule has 0 saturated heterocycles. The predicted molar refractivity (Wildman–Crippen MR) is 112 cm³/mol. The van der Waals surface area contributed by atoms with E-state index in [9.17, 15) is 0 Å². The first-order valence-corrected chi connectivity index (χ1v) is 8.80. The maximum Gasteiger partial charge on any atom is 0.132 e. The van der Waals surface area contributed by atoms with Crippen molar-refractivity contribution < 1.29 is 4.74 Å². The van der Waals surface area contributed by atoms with Crippen LogP contribution >= 0.6 is 24.0 Å². The van der Waals surface area contributed by atoms with Gasteiger partial charge < -0.3 is 9.30 Å². The van der Waals surface area contributed by atoms with Crippen LogP contribution in [0.25, 0.3) is 10.9 Å². The number of hydrogen-bond donors (Lipinski definition) is 0. The van der Waals surface area contributed by atoms with Gasteiger partial charge in [-0.05, 0) is 63.6 Å². The van der Waals surface area contributed by atoms with Crippen LogP contribution in [0.1, 0.15) is 30.8 Å². The second kappa shape index (κ2) is 8.61. The minimum atomic E-state index is 0. The fourth-order valence-electron chi connectivity index (χ4n) is 2.96. The zero-order valence-electron chi connectivity index (χ0n) is 15.5. The minimum Gasteiger partial charge on any atom is -0.487 e. The molecule has 3 rings (SSSR count). The molecule has 1 aromatic carbocycles. The molecule has 0 aliphatic rings. The zero-order chi connectivity index (χ0) is 18.0. The Labute approximate surface area is 166 Å². The summed E-state index contributed by atoms with van der Waals surface area (Å²) in [7, 11) is 0. The Morgan fingerprint density at radius 1 is 1.15 bits per heavy atom. The van der Waals surface area contributed by atoms with Crippen molar-refractivity contribution in [3.05, 3.63) is 70.2 Å². The topological polar surface area (TPSA) is 27.1 Å². The van der Waals surface area contributed by atoms with Crippen LogP contribution in [0.15, 0.2) is 48.2 Å². The van der Waals surface area contributed by atoms with Crippen molar-refractivity contribution in [2.75, 3.05) is 0 Å². The highest BCUT2D eigenvalue weighted by Crippen LogP contribution is 2.28. The summed E-state index contributed by atoms with van der Waals surface area (Å²) >= 11 is 5.93. The zero-order valence-corrected chi connectivity index (χ0v) is 17.1. The summed E-state index contributed by atoms with van der Waals surface area (Å²) in [4.78, 5) is 4.59. The van der Waals surface area contributed by atoms with Crippen molar-refractivity contribution in [1.82, 2.24) is 9.55 Å². The van der Waals surface area contributed by atoms with E-state index in [1.807, 2.05) is 30.5 Å². The normalized spacial score (nSPS) is 10.5. The number of aromatic nitrogens is 2. The van der Waals surface area contributed by atoms with Crippen LogP contribution in [0.2, 0.25) is 5.02 Å². The molecular formula is C21H24Cl2N2O. The molecule has 0 saturated carbocycles. The number of fused-ring (bicyclic) bond motifs is 1. The van der Waals surface area contributed by atoms with Gasteiger partial charge in [-0.2, -0.15) is 0 Å². The highest BCUT2D eigenvalue weighted by molar-refractivity contribution is 6.30. The monoisotopic (exact) mass is 390 g/mol.